The Kier molecular flexibility index (Phi) is 7.57. The van der Waals surface area contributed by atoms with Crippen LogP contribution in [0.4, 0.5) is 18.9 Å². The number of ether oxygens (including phenoxy) is 2. The molecule has 0 saturated carbocycles. The molecule has 0 unspecified atom stereocenters. The van der Waals surface area contributed by atoms with Crippen LogP contribution in [-0.2, 0) is 20.9 Å². The summed E-state index contributed by atoms with van der Waals surface area (Å²) in [6, 6.07) is 29.7. The van der Waals surface area contributed by atoms with Crippen LogP contribution in [0.5, 0.6) is 5.75 Å². The van der Waals surface area contributed by atoms with Crippen LogP contribution >= 0.6 is 0 Å². The fourth-order valence-electron chi connectivity index (χ4n) is 3.78. The average Bonchev–Trinajstić information content (AvgIpc) is 2.91. The first-order valence-electron chi connectivity index (χ1n) is 11.2. The highest BCUT2D eigenvalue weighted by Gasteiger charge is 2.31. The number of benzene rings is 4. The lowest BCUT2D eigenvalue weighted by Crippen LogP contribution is -2.36. The van der Waals surface area contributed by atoms with Gasteiger partial charge in [0.2, 0.25) is 0 Å². The maximum absolute atomic E-state index is 12.8. The van der Waals surface area contributed by atoms with Gasteiger partial charge in [0, 0.05) is 5.69 Å². The van der Waals surface area contributed by atoms with Crippen LogP contribution in [0.15, 0.2) is 103 Å². The highest BCUT2D eigenvalue weighted by molar-refractivity contribution is 6.38. The summed E-state index contributed by atoms with van der Waals surface area (Å²) in [5, 5.41) is 0. The molecule has 1 amide bonds. The number of anilines is 1. The van der Waals surface area contributed by atoms with Gasteiger partial charge in [0.1, 0.15) is 5.75 Å². The van der Waals surface area contributed by atoms with E-state index in [1.807, 2.05) is 54.6 Å². The average molecular weight is 505 g/mol. The summed E-state index contributed by atoms with van der Waals surface area (Å²) in [7, 11) is 1.14. The van der Waals surface area contributed by atoms with Crippen LogP contribution in [0.25, 0.3) is 22.3 Å². The Bertz CT molecular complexity index is 1350. The van der Waals surface area contributed by atoms with Crippen LogP contribution in [0.2, 0.25) is 0 Å². The Balaban J connectivity index is 1.55. The minimum atomic E-state index is -4.76. The van der Waals surface area contributed by atoms with E-state index in [4.69, 9.17) is 0 Å². The molecule has 0 radical (unpaired) electrons. The van der Waals surface area contributed by atoms with E-state index in [0.717, 1.165) is 23.8 Å². The van der Waals surface area contributed by atoms with Crippen molar-refractivity contribution in [1.29, 1.82) is 0 Å². The molecule has 0 fully saturated rings. The van der Waals surface area contributed by atoms with Crippen LogP contribution in [0.1, 0.15) is 5.56 Å². The second-order valence-corrected chi connectivity index (χ2v) is 8.06. The van der Waals surface area contributed by atoms with Gasteiger partial charge in [-0.15, -0.1) is 13.2 Å². The molecule has 0 saturated heterocycles. The summed E-state index contributed by atoms with van der Waals surface area (Å²) in [4.78, 5) is 26.2. The third-order valence-corrected chi connectivity index (χ3v) is 5.61. The number of halogens is 3. The maximum atomic E-state index is 12.8. The molecule has 0 N–H and O–H groups in total. The SMILES string of the molecule is COC(=O)C(=O)N(Cc1ccc(-c2ccccc2)cc1)c1ccc(-c2ccc(OC(F)(F)F)cc2)cc1. The van der Waals surface area contributed by atoms with Crippen molar-refractivity contribution in [2.45, 2.75) is 12.9 Å². The number of amides is 1. The number of rotatable bonds is 6. The number of methoxy groups -OCH3 is 1. The van der Waals surface area contributed by atoms with Crippen molar-refractivity contribution in [3.8, 4) is 28.0 Å². The van der Waals surface area contributed by atoms with Gasteiger partial charge in [-0.25, -0.2) is 4.79 Å². The van der Waals surface area contributed by atoms with Gasteiger partial charge >= 0.3 is 18.2 Å². The van der Waals surface area contributed by atoms with E-state index >= 15 is 0 Å². The summed E-state index contributed by atoms with van der Waals surface area (Å²) < 4.78 is 45.7. The Morgan fingerprint density at radius 3 is 1.70 bits per heavy atom. The Hall–Kier alpha value is -4.59. The number of alkyl halides is 3. The van der Waals surface area contributed by atoms with Gasteiger partial charge in [-0.05, 0) is 52.1 Å². The lowest BCUT2D eigenvalue weighted by molar-refractivity contribution is -0.274. The Labute approximate surface area is 211 Å². The number of esters is 1. The number of hydrogen-bond acceptors (Lipinski definition) is 4. The van der Waals surface area contributed by atoms with Gasteiger partial charge in [-0.3, -0.25) is 9.69 Å². The molecule has 4 aromatic carbocycles. The zero-order valence-electron chi connectivity index (χ0n) is 19.7. The van der Waals surface area contributed by atoms with Crippen molar-refractivity contribution in [1.82, 2.24) is 0 Å². The molecular formula is C29H22F3NO4. The van der Waals surface area contributed by atoms with E-state index in [2.05, 4.69) is 9.47 Å². The first-order chi connectivity index (χ1) is 17.7. The van der Waals surface area contributed by atoms with E-state index in [-0.39, 0.29) is 12.3 Å². The van der Waals surface area contributed by atoms with E-state index in [9.17, 15) is 22.8 Å². The molecule has 4 aromatic rings. The van der Waals surface area contributed by atoms with Crippen molar-refractivity contribution in [3.05, 3.63) is 109 Å². The van der Waals surface area contributed by atoms with Crippen LogP contribution in [0.3, 0.4) is 0 Å². The highest BCUT2D eigenvalue weighted by Crippen LogP contribution is 2.29. The minimum Gasteiger partial charge on any atom is -0.462 e. The largest absolute Gasteiger partial charge is 0.573 e. The summed E-state index contributed by atoms with van der Waals surface area (Å²) in [6.45, 7) is 0.131. The summed E-state index contributed by atoms with van der Waals surface area (Å²) >= 11 is 0. The van der Waals surface area contributed by atoms with Crippen LogP contribution < -0.4 is 9.64 Å². The molecule has 4 rings (SSSR count). The number of hydrogen-bond donors (Lipinski definition) is 0. The first kappa shape index (κ1) is 25.5. The fourth-order valence-corrected chi connectivity index (χ4v) is 3.78. The normalized spacial score (nSPS) is 11.0. The fraction of sp³-hybridized carbons (Fsp3) is 0.103. The van der Waals surface area contributed by atoms with Gasteiger partial charge in [0.05, 0.1) is 13.7 Å². The van der Waals surface area contributed by atoms with E-state index in [0.29, 0.717) is 16.8 Å². The molecule has 0 aliphatic carbocycles. The van der Waals surface area contributed by atoms with Gasteiger partial charge in [-0.1, -0.05) is 78.9 Å². The molecule has 37 heavy (non-hydrogen) atoms. The van der Waals surface area contributed by atoms with E-state index < -0.39 is 18.2 Å². The van der Waals surface area contributed by atoms with Crippen molar-refractivity contribution < 1.29 is 32.2 Å². The number of nitrogens with zero attached hydrogens (tertiary/aromatic N) is 1. The topological polar surface area (TPSA) is 55.8 Å². The lowest BCUT2D eigenvalue weighted by Gasteiger charge is -2.22. The molecule has 0 atom stereocenters. The molecule has 0 heterocycles. The van der Waals surface area contributed by atoms with Gasteiger partial charge in [-0.2, -0.15) is 0 Å². The predicted octanol–water partition coefficient (Wildman–Crippen LogP) is 6.63. The second kappa shape index (κ2) is 11.0. The minimum absolute atomic E-state index is 0.131. The van der Waals surface area contributed by atoms with Crippen molar-refractivity contribution in [3.63, 3.8) is 0 Å². The smallest absolute Gasteiger partial charge is 0.462 e. The van der Waals surface area contributed by atoms with Crippen molar-refractivity contribution in [2.24, 2.45) is 0 Å². The van der Waals surface area contributed by atoms with Crippen molar-refractivity contribution >= 4 is 17.6 Å². The third-order valence-electron chi connectivity index (χ3n) is 5.61. The Morgan fingerprint density at radius 2 is 1.19 bits per heavy atom. The van der Waals surface area contributed by atoms with E-state index in [1.54, 1.807) is 24.3 Å². The Morgan fingerprint density at radius 1 is 0.703 bits per heavy atom. The number of carbonyl (C=O) groups excluding carboxylic acids is 2. The molecule has 0 spiro atoms. The molecule has 188 valence electrons. The van der Waals surface area contributed by atoms with Gasteiger partial charge in [0.15, 0.2) is 0 Å². The van der Waals surface area contributed by atoms with Crippen LogP contribution in [0, 0.1) is 0 Å². The molecule has 0 aliphatic rings. The molecule has 8 heteroatoms. The van der Waals surface area contributed by atoms with Gasteiger partial charge < -0.3 is 9.47 Å². The zero-order valence-corrected chi connectivity index (χ0v) is 19.7. The number of carbonyl (C=O) groups is 2. The molecule has 0 aliphatic heterocycles. The van der Waals surface area contributed by atoms with Crippen LogP contribution in [-0.4, -0.2) is 25.3 Å². The molecule has 5 nitrogen and oxygen atoms in total. The zero-order chi connectivity index (χ0) is 26.4. The van der Waals surface area contributed by atoms with Gasteiger partial charge in [0.25, 0.3) is 0 Å². The third kappa shape index (κ3) is 6.55. The monoisotopic (exact) mass is 505 g/mol. The first-order valence-corrected chi connectivity index (χ1v) is 11.2. The molecule has 0 bridgehead atoms. The van der Waals surface area contributed by atoms with Crippen molar-refractivity contribution in [2.75, 3.05) is 12.0 Å². The molecular weight excluding hydrogens is 483 g/mol. The second-order valence-electron chi connectivity index (χ2n) is 8.06. The predicted molar refractivity (Wildman–Crippen MR) is 134 cm³/mol. The standard InChI is InChI=1S/C29H22F3NO4/c1-36-28(35)27(34)33(19-20-7-9-22(10-8-20)21-5-3-2-4-6-21)25-15-11-23(12-16-25)24-13-17-26(18-14-24)37-29(30,31)32/h2-18H,19H2,1H3. The summed E-state index contributed by atoms with van der Waals surface area (Å²) in [5.41, 5.74) is 4.71. The van der Waals surface area contributed by atoms with E-state index in [1.165, 1.54) is 29.2 Å². The molecule has 0 aromatic heterocycles. The lowest BCUT2D eigenvalue weighted by atomic mass is 10.0. The maximum Gasteiger partial charge on any atom is 0.573 e. The quantitative estimate of drug-likeness (QED) is 0.218. The highest BCUT2D eigenvalue weighted by atomic mass is 19.4. The summed E-state index contributed by atoms with van der Waals surface area (Å²) in [6.07, 6.45) is -4.76. The summed E-state index contributed by atoms with van der Waals surface area (Å²) in [5.74, 6) is -2.14.